The maximum absolute atomic E-state index is 11.3. The second kappa shape index (κ2) is 17.7. The molecule has 3 unspecified atom stereocenters. The number of aliphatic hydroxyl groups excluding tert-OH is 4. The van der Waals surface area contributed by atoms with Gasteiger partial charge in [0.1, 0.15) is 6.10 Å². The molecule has 0 aromatic rings. The molecule has 26 heavy (non-hydrogen) atoms. The molecule has 0 spiro atoms. The van der Waals surface area contributed by atoms with Crippen molar-refractivity contribution in [1.29, 1.82) is 0 Å². The summed E-state index contributed by atoms with van der Waals surface area (Å²) < 4.78 is 4.63. The second-order valence-corrected chi connectivity index (χ2v) is 7.01. The second-order valence-electron chi connectivity index (χ2n) is 7.01. The summed E-state index contributed by atoms with van der Waals surface area (Å²) in [6, 6.07) is 0. The van der Waals surface area contributed by atoms with Gasteiger partial charge in [0.2, 0.25) is 0 Å². The molecule has 0 heterocycles. The van der Waals surface area contributed by atoms with Crippen LogP contribution in [0.1, 0.15) is 90.4 Å². The molecule has 0 aliphatic rings. The van der Waals surface area contributed by atoms with Crippen LogP contribution in [0.2, 0.25) is 0 Å². The zero-order valence-electron chi connectivity index (χ0n) is 16.4. The molecule has 0 rings (SSSR count). The van der Waals surface area contributed by atoms with E-state index in [0.29, 0.717) is 13.0 Å². The van der Waals surface area contributed by atoms with Crippen molar-refractivity contribution in [3.8, 4) is 0 Å². The van der Waals surface area contributed by atoms with Gasteiger partial charge in [0.05, 0.1) is 12.7 Å². The topological polar surface area (TPSA) is 107 Å². The van der Waals surface area contributed by atoms with Crippen LogP contribution in [0.3, 0.4) is 0 Å². The molecule has 3 atom stereocenters. The van der Waals surface area contributed by atoms with E-state index in [2.05, 4.69) is 4.74 Å². The fourth-order valence-electron chi connectivity index (χ4n) is 2.98. The number of rotatable bonds is 18. The maximum Gasteiger partial charge on any atom is 0.337 e. The summed E-state index contributed by atoms with van der Waals surface area (Å²) in [7, 11) is 0. The molecule has 4 N–H and O–H groups in total. The molecule has 0 aliphatic heterocycles. The summed E-state index contributed by atoms with van der Waals surface area (Å²) >= 11 is 0. The zero-order valence-corrected chi connectivity index (χ0v) is 16.4. The highest BCUT2D eigenvalue weighted by molar-refractivity contribution is 5.75. The van der Waals surface area contributed by atoms with Gasteiger partial charge in [-0.25, -0.2) is 4.79 Å². The average molecular weight is 377 g/mol. The van der Waals surface area contributed by atoms with Gasteiger partial charge >= 0.3 is 5.97 Å². The molecule has 0 saturated heterocycles. The molecule has 0 amide bonds. The Morgan fingerprint density at radius 2 is 1.19 bits per heavy atom. The van der Waals surface area contributed by atoms with Crippen molar-refractivity contribution in [1.82, 2.24) is 0 Å². The number of hydrogen-bond acceptors (Lipinski definition) is 6. The minimum absolute atomic E-state index is 0.127. The molecular weight excluding hydrogens is 336 g/mol. The summed E-state index contributed by atoms with van der Waals surface area (Å²) in [6.07, 6.45) is 9.66. The lowest BCUT2D eigenvalue weighted by molar-refractivity contribution is -0.164. The first-order valence-electron chi connectivity index (χ1n) is 10.4. The van der Waals surface area contributed by atoms with E-state index in [1.807, 2.05) is 0 Å². The highest BCUT2D eigenvalue weighted by atomic mass is 16.5. The molecular formula is C20H40O6. The van der Waals surface area contributed by atoms with E-state index in [4.69, 9.17) is 5.11 Å². The fourth-order valence-corrected chi connectivity index (χ4v) is 2.98. The van der Waals surface area contributed by atoms with Crippen molar-refractivity contribution in [2.24, 2.45) is 0 Å². The van der Waals surface area contributed by atoms with Crippen molar-refractivity contribution in [2.45, 2.75) is 109 Å². The Kier molecular flexibility index (Phi) is 17.2. The van der Waals surface area contributed by atoms with Crippen molar-refractivity contribution in [3.63, 3.8) is 0 Å². The standard InChI is InChI=1S/C20H40O6/c1-2-26-20(25)19(24)18(23)17(22)15-13-11-9-7-5-3-4-6-8-10-12-14-16-21/h17-19,21-24H,2-16H2,1H3. The Balaban J connectivity index is 3.47. The predicted molar refractivity (Wildman–Crippen MR) is 102 cm³/mol. The van der Waals surface area contributed by atoms with E-state index in [1.54, 1.807) is 6.92 Å². The number of unbranched alkanes of at least 4 members (excludes halogenated alkanes) is 11. The minimum Gasteiger partial charge on any atom is -0.464 e. The van der Waals surface area contributed by atoms with Crippen LogP contribution in [0.25, 0.3) is 0 Å². The molecule has 0 radical (unpaired) electrons. The number of ether oxygens (including phenoxy) is 1. The van der Waals surface area contributed by atoms with Gasteiger partial charge in [-0.2, -0.15) is 0 Å². The molecule has 6 heteroatoms. The molecule has 6 nitrogen and oxygen atoms in total. The van der Waals surface area contributed by atoms with Crippen molar-refractivity contribution >= 4 is 5.97 Å². The lowest BCUT2D eigenvalue weighted by atomic mass is 10.0. The Bertz CT molecular complexity index is 323. The summed E-state index contributed by atoms with van der Waals surface area (Å²) in [5.74, 6) is -0.896. The Morgan fingerprint density at radius 3 is 1.62 bits per heavy atom. The average Bonchev–Trinajstić information content (AvgIpc) is 2.64. The third-order valence-electron chi connectivity index (χ3n) is 4.65. The van der Waals surface area contributed by atoms with Crippen LogP contribution >= 0.6 is 0 Å². The minimum atomic E-state index is -1.69. The molecule has 0 bridgehead atoms. The van der Waals surface area contributed by atoms with Crippen LogP contribution in [-0.4, -0.2) is 57.9 Å². The molecule has 156 valence electrons. The Hall–Kier alpha value is -0.690. The van der Waals surface area contributed by atoms with Gasteiger partial charge in [-0.15, -0.1) is 0 Å². The van der Waals surface area contributed by atoms with Crippen molar-refractivity contribution in [3.05, 3.63) is 0 Å². The molecule has 0 fully saturated rings. The van der Waals surface area contributed by atoms with Crippen molar-refractivity contribution < 1.29 is 30.0 Å². The summed E-state index contributed by atoms with van der Waals surface area (Å²) in [5.41, 5.74) is 0. The SMILES string of the molecule is CCOC(=O)C(O)C(O)C(O)CCCCCCCCCCCCCCO. The number of carbonyl (C=O) groups excluding carboxylic acids is 1. The van der Waals surface area contributed by atoms with Crippen LogP contribution in [0.5, 0.6) is 0 Å². The van der Waals surface area contributed by atoms with Gasteiger partial charge in [-0.1, -0.05) is 70.6 Å². The Morgan fingerprint density at radius 1 is 0.769 bits per heavy atom. The first-order chi connectivity index (χ1) is 12.5. The van der Waals surface area contributed by atoms with Gasteiger partial charge in [0.15, 0.2) is 6.10 Å². The maximum atomic E-state index is 11.3. The number of esters is 1. The first-order valence-corrected chi connectivity index (χ1v) is 10.4. The number of aliphatic hydroxyl groups is 4. The van der Waals surface area contributed by atoms with E-state index in [-0.39, 0.29) is 6.61 Å². The normalized spacial score (nSPS) is 14.8. The van der Waals surface area contributed by atoms with Crippen LogP contribution in [0.15, 0.2) is 0 Å². The zero-order chi connectivity index (χ0) is 19.6. The van der Waals surface area contributed by atoms with Gasteiger partial charge in [0, 0.05) is 6.61 Å². The van der Waals surface area contributed by atoms with Crippen LogP contribution in [-0.2, 0) is 9.53 Å². The summed E-state index contributed by atoms with van der Waals surface area (Å²) in [5, 5.41) is 37.9. The van der Waals surface area contributed by atoms with Gasteiger partial charge in [0.25, 0.3) is 0 Å². The number of hydrogen-bond donors (Lipinski definition) is 4. The smallest absolute Gasteiger partial charge is 0.337 e. The largest absolute Gasteiger partial charge is 0.464 e. The van der Waals surface area contributed by atoms with Crippen LogP contribution < -0.4 is 0 Å². The van der Waals surface area contributed by atoms with Gasteiger partial charge in [-0.3, -0.25) is 0 Å². The van der Waals surface area contributed by atoms with E-state index < -0.39 is 24.3 Å². The predicted octanol–water partition coefficient (Wildman–Crippen LogP) is 2.70. The third kappa shape index (κ3) is 13.5. The highest BCUT2D eigenvalue weighted by Crippen LogP contribution is 2.14. The van der Waals surface area contributed by atoms with Gasteiger partial charge < -0.3 is 25.2 Å². The monoisotopic (exact) mass is 376 g/mol. The Labute approximate surface area is 158 Å². The third-order valence-corrected chi connectivity index (χ3v) is 4.65. The highest BCUT2D eigenvalue weighted by Gasteiger charge is 2.30. The number of carbonyl (C=O) groups is 1. The fraction of sp³-hybridized carbons (Fsp3) is 0.950. The van der Waals surface area contributed by atoms with E-state index in [0.717, 1.165) is 32.1 Å². The molecule has 0 aromatic heterocycles. The lowest BCUT2D eigenvalue weighted by Crippen LogP contribution is -2.43. The quantitative estimate of drug-likeness (QED) is 0.216. The first kappa shape index (κ1) is 25.3. The molecule has 0 aromatic carbocycles. The van der Waals surface area contributed by atoms with E-state index >= 15 is 0 Å². The molecule has 0 saturated carbocycles. The van der Waals surface area contributed by atoms with E-state index in [1.165, 1.54) is 44.9 Å². The summed E-state index contributed by atoms with van der Waals surface area (Å²) in [6.45, 7) is 2.05. The lowest BCUT2D eigenvalue weighted by Gasteiger charge is -2.21. The van der Waals surface area contributed by atoms with E-state index in [9.17, 15) is 20.1 Å². The summed E-state index contributed by atoms with van der Waals surface area (Å²) in [4.78, 5) is 11.3. The van der Waals surface area contributed by atoms with Gasteiger partial charge in [-0.05, 0) is 19.8 Å². The van der Waals surface area contributed by atoms with Crippen LogP contribution in [0.4, 0.5) is 0 Å². The molecule has 0 aliphatic carbocycles. The van der Waals surface area contributed by atoms with Crippen molar-refractivity contribution in [2.75, 3.05) is 13.2 Å². The van der Waals surface area contributed by atoms with Crippen LogP contribution in [0, 0.1) is 0 Å².